The highest BCUT2D eigenvalue weighted by atomic mass is 35.5. The van der Waals surface area contributed by atoms with Crippen molar-refractivity contribution in [3.8, 4) is 0 Å². The number of nitrogens with zero attached hydrogens (tertiary/aromatic N) is 4. The predicted octanol–water partition coefficient (Wildman–Crippen LogP) is 4.81. The molecule has 0 aliphatic carbocycles. The van der Waals surface area contributed by atoms with Gasteiger partial charge >= 0.3 is 0 Å². The first-order valence-corrected chi connectivity index (χ1v) is 11.7. The zero-order valence-corrected chi connectivity index (χ0v) is 19.1. The Labute approximate surface area is 194 Å². The first-order valence-electron chi connectivity index (χ1n) is 11.0. The van der Waals surface area contributed by atoms with E-state index < -0.39 is 0 Å². The third-order valence-electron chi connectivity index (χ3n) is 6.28. The number of anilines is 2. The molecule has 0 radical (unpaired) electrons. The third kappa shape index (κ3) is 5.62. The molecule has 2 fully saturated rings. The standard InChI is InChI=1S/C23H29Cl2N5O/c24-18-4-1-6-20(14-18)29-11-10-26-16-22(29)8-3-9-23-17-28(27-31)12-13-30(23)21-7-2-5-19(25)15-21/h1-2,4-7,14-15,22-23,26H,3,8-13,16-17H2. The molecule has 6 nitrogen and oxygen atoms in total. The molecular weight excluding hydrogens is 433 g/mol. The van der Waals surface area contributed by atoms with E-state index in [2.05, 4.69) is 38.6 Å². The fraction of sp³-hybridized carbons (Fsp3) is 0.478. The second-order valence-electron chi connectivity index (χ2n) is 8.28. The summed E-state index contributed by atoms with van der Waals surface area (Å²) in [6.45, 7) is 4.99. The minimum Gasteiger partial charge on any atom is -0.366 e. The fourth-order valence-corrected chi connectivity index (χ4v) is 5.13. The van der Waals surface area contributed by atoms with Gasteiger partial charge in [-0.15, -0.1) is 4.91 Å². The van der Waals surface area contributed by atoms with Gasteiger partial charge in [0.1, 0.15) is 0 Å². The van der Waals surface area contributed by atoms with Crippen molar-refractivity contribution < 1.29 is 0 Å². The molecule has 0 spiro atoms. The molecule has 4 rings (SSSR count). The molecule has 0 aromatic heterocycles. The summed E-state index contributed by atoms with van der Waals surface area (Å²) >= 11 is 12.5. The van der Waals surface area contributed by atoms with Crippen LogP contribution in [-0.2, 0) is 0 Å². The van der Waals surface area contributed by atoms with Gasteiger partial charge in [-0.2, -0.15) is 0 Å². The summed E-state index contributed by atoms with van der Waals surface area (Å²) in [6, 6.07) is 16.8. The lowest BCUT2D eigenvalue weighted by Crippen LogP contribution is -2.52. The number of piperazine rings is 2. The van der Waals surface area contributed by atoms with Crippen LogP contribution in [0.5, 0.6) is 0 Å². The highest BCUT2D eigenvalue weighted by molar-refractivity contribution is 6.31. The van der Waals surface area contributed by atoms with E-state index >= 15 is 0 Å². The lowest BCUT2D eigenvalue weighted by molar-refractivity contribution is 0.220. The maximum atomic E-state index is 11.2. The van der Waals surface area contributed by atoms with Gasteiger partial charge in [0.15, 0.2) is 0 Å². The van der Waals surface area contributed by atoms with Crippen molar-refractivity contribution >= 4 is 34.6 Å². The zero-order chi connectivity index (χ0) is 21.6. The van der Waals surface area contributed by atoms with Crippen molar-refractivity contribution in [2.45, 2.75) is 31.3 Å². The molecule has 2 atom stereocenters. The van der Waals surface area contributed by atoms with E-state index in [-0.39, 0.29) is 6.04 Å². The van der Waals surface area contributed by atoms with Crippen molar-refractivity contribution in [2.75, 3.05) is 49.1 Å². The van der Waals surface area contributed by atoms with Gasteiger partial charge in [0.05, 0.1) is 18.4 Å². The Morgan fingerprint density at radius 3 is 2.19 bits per heavy atom. The summed E-state index contributed by atoms with van der Waals surface area (Å²) in [5.41, 5.74) is 2.30. The number of hydrogen-bond acceptors (Lipinski definition) is 5. The predicted molar refractivity (Wildman–Crippen MR) is 129 cm³/mol. The van der Waals surface area contributed by atoms with E-state index in [9.17, 15) is 4.91 Å². The quantitative estimate of drug-likeness (QED) is 0.599. The Morgan fingerprint density at radius 2 is 1.55 bits per heavy atom. The Morgan fingerprint density at radius 1 is 0.903 bits per heavy atom. The van der Waals surface area contributed by atoms with E-state index in [4.69, 9.17) is 23.2 Å². The van der Waals surface area contributed by atoms with E-state index in [0.717, 1.165) is 61.2 Å². The average Bonchev–Trinajstić information content (AvgIpc) is 2.79. The number of hydrogen-bond donors (Lipinski definition) is 1. The first-order chi connectivity index (χ1) is 15.1. The molecule has 2 aliphatic heterocycles. The van der Waals surface area contributed by atoms with E-state index in [0.29, 0.717) is 19.1 Å². The molecule has 2 aromatic carbocycles. The number of benzene rings is 2. The minimum absolute atomic E-state index is 0.237. The smallest absolute Gasteiger partial charge is 0.0597 e. The number of halogens is 2. The summed E-state index contributed by atoms with van der Waals surface area (Å²) in [7, 11) is 0. The van der Waals surface area contributed by atoms with Crippen LogP contribution in [0.1, 0.15) is 19.3 Å². The second kappa shape index (κ2) is 10.5. The first kappa shape index (κ1) is 22.2. The summed E-state index contributed by atoms with van der Waals surface area (Å²) in [5.74, 6) is 0. The summed E-state index contributed by atoms with van der Waals surface area (Å²) in [4.78, 5) is 16.0. The number of nitrogens with one attached hydrogen (secondary N) is 1. The van der Waals surface area contributed by atoms with Gasteiger partial charge in [-0.25, -0.2) is 0 Å². The highest BCUT2D eigenvalue weighted by Gasteiger charge is 2.28. The van der Waals surface area contributed by atoms with Gasteiger partial charge < -0.3 is 15.1 Å². The van der Waals surface area contributed by atoms with Crippen molar-refractivity contribution in [2.24, 2.45) is 5.29 Å². The van der Waals surface area contributed by atoms with Gasteiger partial charge in [-0.3, -0.25) is 5.01 Å². The third-order valence-corrected chi connectivity index (χ3v) is 6.75. The molecule has 2 unspecified atom stereocenters. The number of rotatable bonds is 7. The van der Waals surface area contributed by atoms with Crippen LogP contribution in [0.4, 0.5) is 11.4 Å². The van der Waals surface area contributed by atoms with Crippen molar-refractivity contribution in [3.05, 3.63) is 63.5 Å². The molecule has 0 amide bonds. The summed E-state index contributed by atoms with van der Waals surface area (Å²) in [6.07, 6.45) is 3.14. The molecule has 1 N–H and O–H groups in total. The van der Waals surface area contributed by atoms with Crippen LogP contribution in [0.25, 0.3) is 0 Å². The maximum absolute atomic E-state index is 11.2. The maximum Gasteiger partial charge on any atom is 0.0597 e. The molecule has 31 heavy (non-hydrogen) atoms. The average molecular weight is 462 g/mol. The van der Waals surface area contributed by atoms with Gasteiger partial charge in [0.25, 0.3) is 0 Å². The zero-order valence-electron chi connectivity index (χ0n) is 17.6. The molecule has 166 valence electrons. The lowest BCUT2D eigenvalue weighted by atomic mass is 9.99. The molecule has 2 heterocycles. The minimum atomic E-state index is 0.237. The van der Waals surface area contributed by atoms with Crippen molar-refractivity contribution in [3.63, 3.8) is 0 Å². The van der Waals surface area contributed by atoms with Gasteiger partial charge in [-0.1, -0.05) is 35.3 Å². The second-order valence-corrected chi connectivity index (χ2v) is 9.16. The SMILES string of the molecule is O=NN1CCN(c2cccc(Cl)c2)C(CCCC2CNCCN2c2cccc(Cl)c2)C1. The van der Waals surface area contributed by atoms with Crippen LogP contribution in [0.2, 0.25) is 10.0 Å². The van der Waals surface area contributed by atoms with Crippen LogP contribution in [0.15, 0.2) is 53.8 Å². The molecular formula is C23H29Cl2N5O. The van der Waals surface area contributed by atoms with Crippen molar-refractivity contribution in [1.82, 2.24) is 10.3 Å². The number of nitroso groups, excluding NO2 is 1. The molecule has 2 saturated heterocycles. The largest absolute Gasteiger partial charge is 0.366 e. The Bertz CT molecular complexity index is 883. The highest BCUT2D eigenvalue weighted by Crippen LogP contribution is 2.28. The van der Waals surface area contributed by atoms with Crippen LogP contribution >= 0.6 is 23.2 Å². The van der Waals surface area contributed by atoms with Crippen LogP contribution in [-0.4, -0.2) is 56.4 Å². The Kier molecular flexibility index (Phi) is 7.54. The monoisotopic (exact) mass is 461 g/mol. The normalized spacial score (nSPS) is 21.9. The summed E-state index contributed by atoms with van der Waals surface area (Å²) in [5, 5.41) is 9.88. The summed E-state index contributed by atoms with van der Waals surface area (Å²) < 4.78 is 0. The Balaban J connectivity index is 1.41. The van der Waals surface area contributed by atoms with Crippen LogP contribution < -0.4 is 15.1 Å². The lowest BCUT2D eigenvalue weighted by Gasteiger charge is -2.42. The molecule has 0 saturated carbocycles. The van der Waals surface area contributed by atoms with E-state index in [1.807, 2.05) is 30.3 Å². The topological polar surface area (TPSA) is 51.2 Å². The molecule has 2 aliphatic rings. The van der Waals surface area contributed by atoms with Gasteiger partial charge in [-0.05, 0) is 55.7 Å². The van der Waals surface area contributed by atoms with E-state index in [1.165, 1.54) is 5.69 Å². The van der Waals surface area contributed by atoms with Gasteiger partial charge in [0, 0.05) is 59.7 Å². The van der Waals surface area contributed by atoms with Gasteiger partial charge in [0.2, 0.25) is 0 Å². The van der Waals surface area contributed by atoms with E-state index in [1.54, 1.807) is 5.01 Å². The van der Waals surface area contributed by atoms with Crippen LogP contribution in [0.3, 0.4) is 0 Å². The fourth-order valence-electron chi connectivity index (χ4n) is 4.76. The Hall–Kier alpha value is -2.02. The molecule has 0 bridgehead atoms. The molecule has 8 heteroatoms. The van der Waals surface area contributed by atoms with Crippen molar-refractivity contribution in [1.29, 1.82) is 0 Å². The van der Waals surface area contributed by atoms with Crippen LogP contribution in [0, 0.1) is 4.91 Å². The molecule has 2 aromatic rings.